The number of nitrogens with one attached hydrogen (secondary N) is 1. The molecular formula is C19H21IN2O4S. The topological polar surface area (TPSA) is 67.9 Å². The first kappa shape index (κ1) is 21.4. The number of hydrogen-bond donors (Lipinski definition) is 1. The molecule has 1 fully saturated rings. The highest BCUT2D eigenvalue weighted by atomic mass is 127. The van der Waals surface area contributed by atoms with Gasteiger partial charge in [0, 0.05) is 6.54 Å². The van der Waals surface area contributed by atoms with Gasteiger partial charge in [-0.05, 0) is 71.9 Å². The first-order valence-corrected chi connectivity index (χ1v) is 9.85. The van der Waals surface area contributed by atoms with Gasteiger partial charge in [-0.25, -0.2) is 0 Å². The number of rotatable bonds is 7. The van der Waals surface area contributed by atoms with E-state index in [1.807, 2.05) is 19.9 Å². The van der Waals surface area contributed by atoms with Gasteiger partial charge in [0.15, 0.2) is 16.6 Å². The van der Waals surface area contributed by atoms with Gasteiger partial charge in [0.05, 0.1) is 16.8 Å². The van der Waals surface area contributed by atoms with E-state index in [0.29, 0.717) is 17.1 Å². The Morgan fingerprint density at radius 1 is 1.41 bits per heavy atom. The molecule has 1 N–H and O–H groups in total. The van der Waals surface area contributed by atoms with Crippen LogP contribution in [0.1, 0.15) is 25.8 Å². The van der Waals surface area contributed by atoms with Gasteiger partial charge in [-0.15, -0.1) is 6.58 Å². The van der Waals surface area contributed by atoms with E-state index >= 15 is 0 Å². The molecule has 0 spiro atoms. The first-order chi connectivity index (χ1) is 12.8. The smallest absolute Gasteiger partial charge is 0.265 e. The number of hydrogen-bond acceptors (Lipinski definition) is 5. The molecule has 0 bridgehead atoms. The fourth-order valence-electron chi connectivity index (χ4n) is 2.38. The van der Waals surface area contributed by atoms with E-state index in [1.165, 1.54) is 11.0 Å². The van der Waals surface area contributed by atoms with Gasteiger partial charge < -0.3 is 9.47 Å². The number of methoxy groups -OCH3 is 1. The van der Waals surface area contributed by atoms with E-state index in [9.17, 15) is 9.59 Å². The van der Waals surface area contributed by atoms with Crippen LogP contribution in [-0.2, 0) is 9.59 Å². The Kier molecular flexibility index (Phi) is 7.37. The maximum Gasteiger partial charge on any atom is 0.265 e. The average molecular weight is 500 g/mol. The van der Waals surface area contributed by atoms with Crippen LogP contribution in [0.2, 0.25) is 0 Å². The maximum absolute atomic E-state index is 12.6. The normalized spacial score (nSPS) is 17.0. The number of carbonyl (C=O) groups is 2. The third-order valence-corrected chi connectivity index (χ3v) is 5.08. The van der Waals surface area contributed by atoms with Gasteiger partial charge in [-0.3, -0.25) is 19.8 Å². The number of amides is 2. The second-order valence-corrected chi connectivity index (χ2v) is 7.44. The molecule has 1 aromatic rings. The number of benzene rings is 1. The van der Waals surface area contributed by atoms with E-state index in [4.69, 9.17) is 21.7 Å². The molecule has 0 unspecified atom stereocenters. The highest BCUT2D eigenvalue weighted by molar-refractivity contribution is 14.1. The van der Waals surface area contributed by atoms with Gasteiger partial charge in [-0.2, -0.15) is 0 Å². The van der Waals surface area contributed by atoms with Crippen molar-refractivity contribution < 1.29 is 19.1 Å². The summed E-state index contributed by atoms with van der Waals surface area (Å²) >= 11 is 7.20. The van der Waals surface area contributed by atoms with Crippen molar-refractivity contribution >= 4 is 57.8 Å². The molecule has 0 aromatic heterocycles. The molecule has 1 aliphatic heterocycles. The molecule has 1 heterocycles. The van der Waals surface area contributed by atoms with Crippen LogP contribution in [0.3, 0.4) is 0 Å². The van der Waals surface area contributed by atoms with Crippen LogP contribution >= 0.6 is 34.8 Å². The summed E-state index contributed by atoms with van der Waals surface area (Å²) in [6.45, 7) is 7.85. The van der Waals surface area contributed by atoms with Crippen LogP contribution < -0.4 is 14.8 Å². The Balaban J connectivity index is 2.44. The van der Waals surface area contributed by atoms with Crippen molar-refractivity contribution in [3.63, 3.8) is 0 Å². The molecule has 0 saturated carbocycles. The van der Waals surface area contributed by atoms with E-state index in [1.54, 1.807) is 19.3 Å². The lowest BCUT2D eigenvalue weighted by Gasteiger charge is -2.27. The molecule has 2 amide bonds. The molecule has 0 radical (unpaired) electrons. The van der Waals surface area contributed by atoms with Crippen molar-refractivity contribution in [3.8, 4) is 11.5 Å². The molecule has 1 atom stereocenters. The van der Waals surface area contributed by atoms with E-state index in [-0.39, 0.29) is 23.3 Å². The van der Waals surface area contributed by atoms with Crippen molar-refractivity contribution in [1.82, 2.24) is 10.2 Å². The Hall–Kier alpha value is -1.94. The van der Waals surface area contributed by atoms with Gasteiger partial charge in [0.1, 0.15) is 5.57 Å². The number of ether oxygens (including phenoxy) is 2. The number of carbonyl (C=O) groups excluding carboxylic acids is 2. The van der Waals surface area contributed by atoms with Gasteiger partial charge >= 0.3 is 0 Å². The standard InChI is InChI=1S/C19H21IN2O4S/c1-5-7-22-18(24)13(17(23)21-19(22)27)8-12-9-14(20)16(15(10-12)25-4)26-11(3)6-2/h5,8-11H,1,6-7H2,2-4H3,(H,21,23,27)/b13-8+/t11-/m1/s1. The Labute approximate surface area is 177 Å². The molecule has 27 heavy (non-hydrogen) atoms. The fraction of sp³-hybridized carbons (Fsp3) is 0.316. The highest BCUT2D eigenvalue weighted by Crippen LogP contribution is 2.35. The van der Waals surface area contributed by atoms with Gasteiger partial charge in [0.2, 0.25) is 0 Å². The average Bonchev–Trinajstić information content (AvgIpc) is 2.63. The van der Waals surface area contributed by atoms with Crippen molar-refractivity contribution in [1.29, 1.82) is 0 Å². The molecule has 144 valence electrons. The van der Waals surface area contributed by atoms with Crippen molar-refractivity contribution in [2.75, 3.05) is 13.7 Å². The summed E-state index contributed by atoms with van der Waals surface area (Å²) < 4.78 is 12.2. The molecule has 1 aliphatic rings. The third-order valence-electron chi connectivity index (χ3n) is 3.95. The van der Waals surface area contributed by atoms with Crippen LogP contribution in [0.4, 0.5) is 0 Å². The van der Waals surface area contributed by atoms with Gasteiger partial charge in [0.25, 0.3) is 11.8 Å². The van der Waals surface area contributed by atoms with E-state index < -0.39 is 11.8 Å². The number of nitrogens with zero attached hydrogens (tertiary/aromatic N) is 1. The summed E-state index contributed by atoms with van der Waals surface area (Å²) in [4.78, 5) is 26.2. The third kappa shape index (κ3) is 4.86. The summed E-state index contributed by atoms with van der Waals surface area (Å²) in [6, 6.07) is 3.57. The van der Waals surface area contributed by atoms with Crippen LogP contribution in [0.25, 0.3) is 6.08 Å². The molecule has 1 saturated heterocycles. The zero-order valence-corrected chi connectivity index (χ0v) is 18.3. The second kappa shape index (κ2) is 9.32. The summed E-state index contributed by atoms with van der Waals surface area (Å²) in [5.41, 5.74) is 0.650. The van der Waals surface area contributed by atoms with Crippen LogP contribution in [0, 0.1) is 3.57 Å². The minimum absolute atomic E-state index is 0.00102. The molecule has 6 nitrogen and oxygen atoms in total. The molecular weight excluding hydrogens is 479 g/mol. The van der Waals surface area contributed by atoms with Crippen molar-refractivity contribution in [2.24, 2.45) is 0 Å². The van der Waals surface area contributed by atoms with E-state index in [0.717, 1.165) is 9.99 Å². The maximum atomic E-state index is 12.6. The largest absolute Gasteiger partial charge is 0.493 e. The van der Waals surface area contributed by atoms with E-state index in [2.05, 4.69) is 34.5 Å². The minimum Gasteiger partial charge on any atom is -0.493 e. The SMILES string of the molecule is C=CCN1C(=O)/C(=C/c2cc(I)c(O[C@H](C)CC)c(OC)c2)C(=O)NC1=S. The summed E-state index contributed by atoms with van der Waals surface area (Å²) in [5.74, 6) is 0.191. The Bertz CT molecular complexity index is 822. The number of halogens is 1. The lowest BCUT2D eigenvalue weighted by molar-refractivity contribution is -0.128. The highest BCUT2D eigenvalue weighted by Gasteiger charge is 2.32. The van der Waals surface area contributed by atoms with Crippen LogP contribution in [-0.4, -0.2) is 41.6 Å². The van der Waals surface area contributed by atoms with Crippen LogP contribution in [0.15, 0.2) is 30.4 Å². The van der Waals surface area contributed by atoms with Crippen molar-refractivity contribution in [3.05, 3.63) is 39.5 Å². The first-order valence-electron chi connectivity index (χ1n) is 8.36. The lowest BCUT2D eigenvalue weighted by Crippen LogP contribution is -2.53. The zero-order chi connectivity index (χ0) is 20.1. The quantitative estimate of drug-likeness (QED) is 0.205. The predicted octanol–water partition coefficient (Wildman–Crippen LogP) is 3.29. The number of thiocarbonyl (C=S) groups is 1. The summed E-state index contributed by atoms with van der Waals surface area (Å²) in [5, 5.41) is 2.60. The summed E-state index contributed by atoms with van der Waals surface area (Å²) in [6.07, 6.45) is 3.97. The second-order valence-electron chi connectivity index (χ2n) is 5.89. The van der Waals surface area contributed by atoms with Gasteiger partial charge in [-0.1, -0.05) is 13.0 Å². The summed E-state index contributed by atoms with van der Waals surface area (Å²) in [7, 11) is 1.55. The molecule has 2 rings (SSSR count). The Morgan fingerprint density at radius 3 is 2.70 bits per heavy atom. The monoisotopic (exact) mass is 500 g/mol. The Morgan fingerprint density at radius 2 is 2.11 bits per heavy atom. The molecule has 1 aromatic carbocycles. The molecule has 0 aliphatic carbocycles. The molecule has 8 heteroatoms. The van der Waals surface area contributed by atoms with Crippen molar-refractivity contribution in [2.45, 2.75) is 26.4 Å². The van der Waals surface area contributed by atoms with Crippen LogP contribution in [0.5, 0.6) is 11.5 Å². The lowest BCUT2D eigenvalue weighted by atomic mass is 10.1. The minimum atomic E-state index is -0.529. The zero-order valence-electron chi connectivity index (χ0n) is 15.4. The fourth-order valence-corrected chi connectivity index (χ4v) is 3.38. The predicted molar refractivity (Wildman–Crippen MR) is 117 cm³/mol.